The van der Waals surface area contributed by atoms with Gasteiger partial charge in [-0.05, 0) is 18.9 Å². The zero-order valence-electron chi connectivity index (χ0n) is 7.39. The Morgan fingerprint density at radius 1 is 1.55 bits per heavy atom. The van der Waals surface area contributed by atoms with Crippen LogP contribution in [-0.2, 0) is 20.0 Å². The Labute approximate surface area is 67.2 Å². The summed E-state index contributed by atoms with van der Waals surface area (Å²) in [5.41, 5.74) is 9.10. The van der Waals surface area contributed by atoms with E-state index in [1.165, 1.54) is 11.3 Å². The molecule has 62 valence electrons. The summed E-state index contributed by atoms with van der Waals surface area (Å²) in [6.07, 6.45) is 1.02. The fraction of sp³-hybridized carbons (Fsp3) is 0.625. The molecule has 0 saturated heterocycles. The van der Waals surface area contributed by atoms with Crippen LogP contribution in [0.5, 0.6) is 0 Å². The van der Waals surface area contributed by atoms with Crippen LogP contribution in [0.3, 0.4) is 0 Å². The maximum atomic E-state index is 5.53. The molecule has 11 heavy (non-hydrogen) atoms. The molecule has 0 saturated carbocycles. The number of nitrogens with zero attached hydrogens (tertiary/aromatic N) is 2. The highest BCUT2D eigenvalue weighted by atomic mass is 15.3. The van der Waals surface area contributed by atoms with Crippen LogP contribution in [0.1, 0.15) is 23.9 Å². The average molecular weight is 153 g/mol. The van der Waals surface area contributed by atoms with Gasteiger partial charge in [0.15, 0.2) is 0 Å². The standard InChI is InChI=1S/C8H15N3/c1-4-7-6(2)11(3)10-8(7)5-9/h4-5,9H2,1-3H3. The Balaban J connectivity index is 3.15. The highest BCUT2D eigenvalue weighted by molar-refractivity contribution is 5.24. The largest absolute Gasteiger partial charge is 0.325 e. The van der Waals surface area contributed by atoms with Gasteiger partial charge in [0.25, 0.3) is 0 Å². The summed E-state index contributed by atoms with van der Waals surface area (Å²) in [7, 11) is 1.95. The zero-order chi connectivity index (χ0) is 8.43. The predicted molar refractivity (Wildman–Crippen MR) is 45.2 cm³/mol. The molecular weight excluding hydrogens is 138 g/mol. The van der Waals surface area contributed by atoms with Gasteiger partial charge in [-0.25, -0.2) is 0 Å². The zero-order valence-corrected chi connectivity index (χ0v) is 7.39. The first-order valence-electron chi connectivity index (χ1n) is 3.92. The Morgan fingerprint density at radius 3 is 2.55 bits per heavy atom. The van der Waals surface area contributed by atoms with Crippen LogP contribution in [-0.4, -0.2) is 9.78 Å². The molecule has 1 aromatic heterocycles. The molecule has 0 unspecified atom stereocenters. The van der Waals surface area contributed by atoms with Crippen molar-refractivity contribution in [2.24, 2.45) is 12.8 Å². The number of hydrogen-bond acceptors (Lipinski definition) is 2. The molecule has 0 amide bonds. The first-order valence-corrected chi connectivity index (χ1v) is 3.92. The van der Waals surface area contributed by atoms with Crippen LogP contribution in [0, 0.1) is 6.92 Å². The van der Waals surface area contributed by atoms with Crippen LogP contribution in [0.25, 0.3) is 0 Å². The second kappa shape index (κ2) is 3.05. The van der Waals surface area contributed by atoms with Gasteiger partial charge < -0.3 is 5.73 Å². The summed E-state index contributed by atoms with van der Waals surface area (Å²) < 4.78 is 1.89. The minimum Gasteiger partial charge on any atom is -0.325 e. The average Bonchev–Trinajstić information content (AvgIpc) is 2.28. The predicted octanol–water partition coefficient (Wildman–Crippen LogP) is 0.750. The molecule has 0 aliphatic rings. The molecule has 2 N–H and O–H groups in total. The summed E-state index contributed by atoms with van der Waals surface area (Å²) in [6, 6.07) is 0. The van der Waals surface area contributed by atoms with E-state index in [-0.39, 0.29) is 0 Å². The van der Waals surface area contributed by atoms with E-state index in [0.29, 0.717) is 6.54 Å². The summed E-state index contributed by atoms with van der Waals surface area (Å²) in [5, 5.41) is 4.29. The Bertz CT molecular complexity index is 250. The van der Waals surface area contributed by atoms with E-state index in [9.17, 15) is 0 Å². The molecule has 0 atom stereocenters. The van der Waals surface area contributed by atoms with Gasteiger partial charge in [-0.15, -0.1) is 0 Å². The Hall–Kier alpha value is -0.830. The van der Waals surface area contributed by atoms with E-state index in [0.717, 1.165) is 12.1 Å². The van der Waals surface area contributed by atoms with Crippen molar-refractivity contribution in [3.63, 3.8) is 0 Å². The third-order valence-corrected chi connectivity index (χ3v) is 2.09. The summed E-state index contributed by atoms with van der Waals surface area (Å²) in [5.74, 6) is 0. The number of rotatable bonds is 2. The molecule has 0 radical (unpaired) electrons. The molecule has 0 aliphatic carbocycles. The molecule has 0 fully saturated rings. The molecule has 0 bridgehead atoms. The molecule has 0 aliphatic heterocycles. The van der Waals surface area contributed by atoms with Crippen molar-refractivity contribution in [1.29, 1.82) is 0 Å². The van der Waals surface area contributed by atoms with Crippen molar-refractivity contribution < 1.29 is 0 Å². The van der Waals surface area contributed by atoms with Crippen molar-refractivity contribution in [2.45, 2.75) is 26.8 Å². The highest BCUT2D eigenvalue weighted by Crippen LogP contribution is 2.12. The second-order valence-electron chi connectivity index (χ2n) is 2.69. The molecule has 0 spiro atoms. The molecule has 3 heteroatoms. The van der Waals surface area contributed by atoms with Gasteiger partial charge in [0.2, 0.25) is 0 Å². The number of aromatic nitrogens is 2. The van der Waals surface area contributed by atoms with E-state index >= 15 is 0 Å². The van der Waals surface area contributed by atoms with Crippen molar-refractivity contribution in [1.82, 2.24) is 9.78 Å². The minimum atomic E-state index is 0.546. The van der Waals surface area contributed by atoms with Crippen molar-refractivity contribution in [3.05, 3.63) is 17.0 Å². The van der Waals surface area contributed by atoms with Crippen LogP contribution >= 0.6 is 0 Å². The molecule has 3 nitrogen and oxygen atoms in total. The molecule has 1 rings (SSSR count). The smallest absolute Gasteiger partial charge is 0.0794 e. The fourth-order valence-electron chi connectivity index (χ4n) is 1.34. The number of hydrogen-bond donors (Lipinski definition) is 1. The first kappa shape index (κ1) is 8.27. The van der Waals surface area contributed by atoms with Gasteiger partial charge in [0, 0.05) is 19.3 Å². The van der Waals surface area contributed by atoms with Gasteiger partial charge in [-0.2, -0.15) is 5.10 Å². The summed E-state index contributed by atoms with van der Waals surface area (Å²) in [6.45, 7) is 4.75. The van der Waals surface area contributed by atoms with Crippen molar-refractivity contribution in [2.75, 3.05) is 0 Å². The van der Waals surface area contributed by atoms with Gasteiger partial charge in [-0.3, -0.25) is 4.68 Å². The molecule has 1 heterocycles. The van der Waals surface area contributed by atoms with Gasteiger partial charge in [0.05, 0.1) is 5.69 Å². The number of aryl methyl sites for hydroxylation is 1. The lowest BCUT2D eigenvalue weighted by Gasteiger charge is -1.95. The normalized spacial score (nSPS) is 10.5. The van der Waals surface area contributed by atoms with E-state index in [4.69, 9.17) is 5.73 Å². The van der Waals surface area contributed by atoms with Gasteiger partial charge >= 0.3 is 0 Å². The van der Waals surface area contributed by atoms with Crippen LogP contribution < -0.4 is 5.73 Å². The Morgan fingerprint density at radius 2 is 2.18 bits per heavy atom. The van der Waals surface area contributed by atoms with Crippen LogP contribution in [0.4, 0.5) is 0 Å². The van der Waals surface area contributed by atoms with Crippen LogP contribution in [0.2, 0.25) is 0 Å². The second-order valence-corrected chi connectivity index (χ2v) is 2.69. The molecule has 1 aromatic rings. The monoisotopic (exact) mass is 153 g/mol. The van der Waals surface area contributed by atoms with E-state index in [2.05, 4.69) is 18.9 Å². The van der Waals surface area contributed by atoms with Gasteiger partial charge in [0.1, 0.15) is 0 Å². The van der Waals surface area contributed by atoms with Gasteiger partial charge in [-0.1, -0.05) is 6.92 Å². The lowest BCUT2D eigenvalue weighted by Crippen LogP contribution is -2.00. The van der Waals surface area contributed by atoms with E-state index in [1.807, 2.05) is 11.7 Å². The summed E-state index contributed by atoms with van der Waals surface area (Å²) >= 11 is 0. The maximum absolute atomic E-state index is 5.53. The quantitative estimate of drug-likeness (QED) is 0.681. The lowest BCUT2D eigenvalue weighted by atomic mass is 10.1. The third kappa shape index (κ3) is 1.28. The first-order chi connectivity index (χ1) is 5.20. The van der Waals surface area contributed by atoms with Crippen molar-refractivity contribution in [3.8, 4) is 0 Å². The topological polar surface area (TPSA) is 43.8 Å². The van der Waals surface area contributed by atoms with Crippen LogP contribution in [0.15, 0.2) is 0 Å². The minimum absolute atomic E-state index is 0.546. The number of nitrogens with two attached hydrogens (primary N) is 1. The maximum Gasteiger partial charge on any atom is 0.0794 e. The lowest BCUT2D eigenvalue weighted by molar-refractivity contribution is 0.720. The fourth-order valence-corrected chi connectivity index (χ4v) is 1.34. The van der Waals surface area contributed by atoms with E-state index < -0.39 is 0 Å². The highest BCUT2D eigenvalue weighted by Gasteiger charge is 2.08. The third-order valence-electron chi connectivity index (χ3n) is 2.09. The SMILES string of the molecule is CCc1c(CN)nn(C)c1C. The van der Waals surface area contributed by atoms with E-state index in [1.54, 1.807) is 0 Å². The molecule has 0 aromatic carbocycles. The Kier molecular flexibility index (Phi) is 2.29. The summed E-state index contributed by atoms with van der Waals surface area (Å²) in [4.78, 5) is 0. The van der Waals surface area contributed by atoms with Crippen molar-refractivity contribution >= 4 is 0 Å². The molecular formula is C8H15N3.